The van der Waals surface area contributed by atoms with E-state index in [9.17, 15) is 0 Å². The average Bonchev–Trinajstić information content (AvgIpc) is 2.86. The number of methoxy groups -OCH3 is 1. The molecule has 6 nitrogen and oxygen atoms in total. The highest BCUT2D eigenvalue weighted by Crippen LogP contribution is 2.14. The topological polar surface area (TPSA) is 51.0 Å². The predicted molar refractivity (Wildman–Crippen MR) is 99.8 cm³/mol. The van der Waals surface area contributed by atoms with Gasteiger partial charge in [0.15, 0.2) is 5.96 Å². The van der Waals surface area contributed by atoms with Gasteiger partial charge in [-0.1, -0.05) is 11.6 Å². The lowest BCUT2D eigenvalue weighted by Gasteiger charge is -2.22. The summed E-state index contributed by atoms with van der Waals surface area (Å²) >= 11 is 6.05. The van der Waals surface area contributed by atoms with Crippen molar-refractivity contribution in [2.24, 2.45) is 12.0 Å². The summed E-state index contributed by atoms with van der Waals surface area (Å²) in [5, 5.41) is 4.09. The lowest BCUT2D eigenvalue weighted by Crippen LogP contribution is -2.38. The second-order valence-corrected chi connectivity index (χ2v) is 6.10. The first-order chi connectivity index (χ1) is 11.6. The summed E-state index contributed by atoms with van der Waals surface area (Å²) in [7, 11) is 5.72. The molecule has 1 rings (SSSR count). The fourth-order valence-electron chi connectivity index (χ4n) is 2.26. The SMILES string of the molecule is CCNC(=NCCCCOCCOC)N(C)Cc1cc(Cl)cn1C. The molecule has 0 bridgehead atoms. The molecule has 0 aliphatic rings. The van der Waals surface area contributed by atoms with Gasteiger partial charge in [0.25, 0.3) is 0 Å². The lowest BCUT2D eigenvalue weighted by atomic mass is 10.3. The molecule has 0 fully saturated rings. The van der Waals surface area contributed by atoms with Crippen LogP contribution in [0.15, 0.2) is 17.3 Å². The van der Waals surface area contributed by atoms with E-state index in [4.69, 9.17) is 21.1 Å². The summed E-state index contributed by atoms with van der Waals surface area (Å²) in [4.78, 5) is 6.80. The van der Waals surface area contributed by atoms with Gasteiger partial charge in [-0.3, -0.25) is 4.99 Å². The smallest absolute Gasteiger partial charge is 0.194 e. The normalized spacial score (nSPS) is 11.8. The molecule has 24 heavy (non-hydrogen) atoms. The first-order valence-electron chi connectivity index (χ1n) is 8.45. The van der Waals surface area contributed by atoms with Gasteiger partial charge in [0, 0.05) is 52.8 Å². The Labute approximate surface area is 150 Å². The van der Waals surface area contributed by atoms with Crippen molar-refractivity contribution in [2.45, 2.75) is 26.3 Å². The number of nitrogens with zero attached hydrogens (tertiary/aromatic N) is 3. The molecule has 0 spiro atoms. The summed E-state index contributed by atoms with van der Waals surface area (Å²) in [5.74, 6) is 0.912. The molecule has 0 unspecified atom stereocenters. The number of ether oxygens (including phenoxy) is 2. The Balaban J connectivity index is 2.39. The van der Waals surface area contributed by atoms with Crippen LogP contribution < -0.4 is 5.32 Å². The highest BCUT2D eigenvalue weighted by molar-refractivity contribution is 6.30. The zero-order valence-corrected chi connectivity index (χ0v) is 16.1. The average molecular weight is 359 g/mol. The van der Waals surface area contributed by atoms with Crippen LogP contribution in [0.25, 0.3) is 0 Å². The Morgan fingerprint density at radius 3 is 2.75 bits per heavy atom. The second kappa shape index (κ2) is 12.2. The van der Waals surface area contributed by atoms with Crippen LogP contribution in [0.1, 0.15) is 25.5 Å². The number of aliphatic imine (C=N–C) groups is 1. The van der Waals surface area contributed by atoms with E-state index in [2.05, 4.69) is 22.1 Å². The lowest BCUT2D eigenvalue weighted by molar-refractivity contribution is 0.0690. The van der Waals surface area contributed by atoms with Crippen LogP contribution in [0.5, 0.6) is 0 Å². The van der Waals surface area contributed by atoms with E-state index in [1.54, 1.807) is 7.11 Å². The molecule has 0 saturated carbocycles. The van der Waals surface area contributed by atoms with Crippen LogP contribution in [-0.2, 0) is 23.1 Å². The van der Waals surface area contributed by atoms with E-state index in [-0.39, 0.29) is 0 Å². The van der Waals surface area contributed by atoms with Gasteiger partial charge >= 0.3 is 0 Å². The Bertz CT molecular complexity index is 491. The van der Waals surface area contributed by atoms with E-state index in [1.165, 1.54) is 0 Å². The maximum Gasteiger partial charge on any atom is 0.194 e. The van der Waals surface area contributed by atoms with Crippen molar-refractivity contribution in [1.29, 1.82) is 0 Å². The van der Waals surface area contributed by atoms with Crippen molar-refractivity contribution in [1.82, 2.24) is 14.8 Å². The van der Waals surface area contributed by atoms with Gasteiger partial charge in [0.2, 0.25) is 0 Å². The van der Waals surface area contributed by atoms with E-state index in [0.29, 0.717) is 13.2 Å². The third-order valence-corrected chi connectivity index (χ3v) is 3.77. The Morgan fingerprint density at radius 1 is 1.33 bits per heavy atom. The highest BCUT2D eigenvalue weighted by atomic mass is 35.5. The minimum Gasteiger partial charge on any atom is -0.382 e. The van der Waals surface area contributed by atoms with Gasteiger partial charge in [-0.05, 0) is 25.8 Å². The number of hydrogen-bond donors (Lipinski definition) is 1. The summed E-state index contributed by atoms with van der Waals surface area (Å²) in [6.07, 6.45) is 3.92. The van der Waals surface area contributed by atoms with Gasteiger partial charge in [0.1, 0.15) is 0 Å². The van der Waals surface area contributed by atoms with Crippen molar-refractivity contribution in [3.63, 3.8) is 0 Å². The predicted octanol–water partition coefficient (Wildman–Crippen LogP) is 2.52. The molecule has 1 aromatic rings. The zero-order chi connectivity index (χ0) is 17.8. The Morgan fingerprint density at radius 2 is 2.12 bits per heavy atom. The molecule has 1 N–H and O–H groups in total. The molecule has 138 valence electrons. The van der Waals surface area contributed by atoms with E-state index in [0.717, 1.165) is 55.8 Å². The van der Waals surface area contributed by atoms with Gasteiger partial charge in [-0.2, -0.15) is 0 Å². The van der Waals surface area contributed by atoms with Crippen LogP contribution in [0.4, 0.5) is 0 Å². The van der Waals surface area contributed by atoms with Crippen molar-refractivity contribution in [2.75, 3.05) is 47.1 Å². The maximum atomic E-state index is 6.05. The summed E-state index contributed by atoms with van der Waals surface area (Å²) in [6.45, 7) is 6.53. The maximum absolute atomic E-state index is 6.05. The van der Waals surface area contributed by atoms with E-state index >= 15 is 0 Å². The fraction of sp³-hybridized carbons (Fsp3) is 0.706. The molecular formula is C17H31ClN4O2. The monoisotopic (exact) mass is 358 g/mol. The molecular weight excluding hydrogens is 328 g/mol. The van der Waals surface area contributed by atoms with Crippen LogP contribution in [0, 0.1) is 0 Å². The number of halogens is 1. The molecule has 0 atom stereocenters. The number of guanidine groups is 1. The van der Waals surface area contributed by atoms with Crippen LogP contribution in [0.2, 0.25) is 5.02 Å². The minimum atomic E-state index is 0.649. The van der Waals surface area contributed by atoms with Gasteiger partial charge < -0.3 is 24.3 Å². The summed E-state index contributed by atoms with van der Waals surface area (Å²) in [6, 6.07) is 1.99. The largest absolute Gasteiger partial charge is 0.382 e. The second-order valence-electron chi connectivity index (χ2n) is 5.66. The number of aryl methyl sites for hydroxylation is 1. The van der Waals surface area contributed by atoms with Crippen molar-refractivity contribution < 1.29 is 9.47 Å². The number of rotatable bonds is 11. The van der Waals surface area contributed by atoms with Crippen molar-refractivity contribution in [3.8, 4) is 0 Å². The van der Waals surface area contributed by atoms with Crippen LogP contribution in [-0.4, -0.2) is 62.5 Å². The van der Waals surface area contributed by atoms with Crippen molar-refractivity contribution in [3.05, 3.63) is 23.0 Å². The van der Waals surface area contributed by atoms with Gasteiger partial charge in [-0.15, -0.1) is 0 Å². The molecule has 0 radical (unpaired) electrons. The molecule has 7 heteroatoms. The third-order valence-electron chi connectivity index (χ3n) is 3.56. The quantitative estimate of drug-likeness (QED) is 0.375. The van der Waals surface area contributed by atoms with E-state index in [1.807, 2.05) is 30.9 Å². The molecule has 0 aliphatic carbocycles. The Kier molecular flexibility index (Phi) is 10.5. The minimum absolute atomic E-state index is 0.649. The zero-order valence-electron chi connectivity index (χ0n) is 15.3. The van der Waals surface area contributed by atoms with Crippen LogP contribution in [0.3, 0.4) is 0 Å². The number of nitrogens with one attached hydrogen (secondary N) is 1. The fourth-order valence-corrected chi connectivity index (χ4v) is 2.53. The number of aromatic nitrogens is 1. The van der Waals surface area contributed by atoms with Gasteiger partial charge in [0.05, 0.1) is 24.8 Å². The number of unbranched alkanes of at least 4 members (excludes halogenated alkanes) is 1. The molecule has 1 aromatic heterocycles. The summed E-state index contributed by atoms with van der Waals surface area (Å²) < 4.78 is 12.4. The standard InChI is InChI=1S/C17H31ClN4O2/c1-5-19-17(20-8-6-7-9-24-11-10-23-4)22(3)14-16-12-15(18)13-21(16)2/h12-13H,5-11,14H2,1-4H3,(H,19,20). The van der Waals surface area contributed by atoms with Gasteiger partial charge in [-0.25, -0.2) is 0 Å². The summed E-state index contributed by atoms with van der Waals surface area (Å²) in [5.41, 5.74) is 1.15. The molecule has 0 amide bonds. The highest BCUT2D eigenvalue weighted by Gasteiger charge is 2.09. The molecule has 0 saturated heterocycles. The first kappa shape index (κ1) is 20.8. The third kappa shape index (κ3) is 8.04. The van der Waals surface area contributed by atoms with E-state index < -0.39 is 0 Å². The van der Waals surface area contributed by atoms with Crippen LogP contribution >= 0.6 is 11.6 Å². The Hall–Kier alpha value is -1.24. The first-order valence-corrected chi connectivity index (χ1v) is 8.83. The molecule has 0 aromatic carbocycles. The molecule has 1 heterocycles. The van der Waals surface area contributed by atoms with Crippen molar-refractivity contribution >= 4 is 17.6 Å². The molecule has 0 aliphatic heterocycles. The number of hydrogen-bond acceptors (Lipinski definition) is 3.